The Morgan fingerprint density at radius 2 is 1.84 bits per heavy atom. The summed E-state index contributed by atoms with van der Waals surface area (Å²) in [6.45, 7) is 3.28. The number of benzene rings is 2. The fourth-order valence-corrected chi connectivity index (χ4v) is 3.99. The normalized spacial score (nSPS) is 15.1. The van der Waals surface area contributed by atoms with E-state index in [-0.39, 0.29) is 17.4 Å². The number of aromatic nitrogens is 2. The number of alkyl halides is 3. The summed E-state index contributed by atoms with van der Waals surface area (Å²) in [6, 6.07) is 8.18. The number of ether oxygens (including phenoxy) is 2. The molecule has 0 amide bonds. The highest BCUT2D eigenvalue weighted by Crippen LogP contribution is 2.37. The van der Waals surface area contributed by atoms with Crippen molar-refractivity contribution in [2.75, 3.05) is 50.6 Å². The maximum absolute atomic E-state index is 13.0. The maximum Gasteiger partial charge on any atom is 0.573 e. The standard InChI is InChI=1S/C21H21BrF3N5O2/c1-29-7-9-30(10-8-29)14-4-6-17(32-21(23,24)25)16(11-14)27-20-26-12-13-3-5-15(22)19(31-2)18(13)28-20/h3-6,11-12H,7-10H2,1-2H3,(H,26,27,28). The van der Waals surface area contributed by atoms with Gasteiger partial charge in [-0.3, -0.25) is 0 Å². The van der Waals surface area contributed by atoms with Crippen molar-refractivity contribution in [3.8, 4) is 11.5 Å². The van der Waals surface area contributed by atoms with E-state index < -0.39 is 6.36 Å². The average molecular weight is 512 g/mol. The van der Waals surface area contributed by atoms with E-state index in [1.165, 1.54) is 13.2 Å². The van der Waals surface area contributed by atoms with Crippen LogP contribution in [0.3, 0.4) is 0 Å². The summed E-state index contributed by atoms with van der Waals surface area (Å²) in [5.41, 5.74) is 1.43. The van der Waals surface area contributed by atoms with Crippen LogP contribution in [0.15, 0.2) is 41.0 Å². The van der Waals surface area contributed by atoms with Gasteiger partial charge < -0.3 is 24.6 Å². The molecule has 7 nitrogen and oxygen atoms in total. The number of methoxy groups -OCH3 is 1. The molecule has 170 valence electrons. The Bertz CT molecular complexity index is 1120. The van der Waals surface area contributed by atoms with Crippen molar-refractivity contribution in [2.24, 2.45) is 0 Å². The van der Waals surface area contributed by atoms with Gasteiger partial charge in [-0.05, 0) is 53.3 Å². The van der Waals surface area contributed by atoms with Crippen molar-refractivity contribution in [3.63, 3.8) is 0 Å². The number of rotatable bonds is 5. The maximum atomic E-state index is 13.0. The molecule has 1 aliphatic heterocycles. The lowest BCUT2D eigenvalue weighted by atomic mass is 10.2. The van der Waals surface area contributed by atoms with Crippen molar-refractivity contribution >= 4 is 44.2 Å². The van der Waals surface area contributed by atoms with Gasteiger partial charge in [0.05, 0.1) is 17.3 Å². The van der Waals surface area contributed by atoms with Crippen molar-refractivity contribution in [1.29, 1.82) is 0 Å². The third-order valence-electron chi connectivity index (χ3n) is 5.17. The number of nitrogens with zero attached hydrogens (tertiary/aromatic N) is 4. The Morgan fingerprint density at radius 3 is 2.53 bits per heavy atom. The molecule has 0 spiro atoms. The first kappa shape index (κ1) is 22.4. The molecule has 2 aromatic carbocycles. The SMILES string of the molecule is COc1c(Br)ccc2cnc(Nc3cc(N4CCN(C)CC4)ccc3OC(F)(F)F)nc12. The average Bonchev–Trinajstić information content (AvgIpc) is 2.74. The summed E-state index contributed by atoms with van der Waals surface area (Å²) in [4.78, 5) is 13.0. The van der Waals surface area contributed by atoms with E-state index in [4.69, 9.17) is 4.74 Å². The van der Waals surface area contributed by atoms with E-state index in [9.17, 15) is 13.2 Å². The number of anilines is 3. The number of hydrogen-bond acceptors (Lipinski definition) is 7. The highest BCUT2D eigenvalue weighted by molar-refractivity contribution is 9.10. The first-order valence-electron chi connectivity index (χ1n) is 9.83. The second kappa shape index (κ2) is 8.99. The van der Waals surface area contributed by atoms with Crippen LogP contribution in [0.4, 0.5) is 30.5 Å². The second-order valence-electron chi connectivity index (χ2n) is 7.36. The van der Waals surface area contributed by atoms with E-state index in [1.807, 2.05) is 19.2 Å². The number of piperazine rings is 1. The lowest BCUT2D eigenvalue weighted by molar-refractivity contribution is -0.274. The van der Waals surface area contributed by atoms with Crippen LogP contribution in [0, 0.1) is 0 Å². The molecule has 4 rings (SSSR count). The van der Waals surface area contributed by atoms with Crippen LogP contribution in [0.2, 0.25) is 0 Å². The highest BCUT2D eigenvalue weighted by atomic mass is 79.9. The Morgan fingerprint density at radius 1 is 1.09 bits per heavy atom. The van der Waals surface area contributed by atoms with Gasteiger partial charge in [0.25, 0.3) is 0 Å². The summed E-state index contributed by atoms with van der Waals surface area (Å²) in [6.07, 6.45) is -3.25. The van der Waals surface area contributed by atoms with Crippen LogP contribution in [0.5, 0.6) is 11.5 Å². The Balaban J connectivity index is 1.71. The van der Waals surface area contributed by atoms with Crippen molar-refractivity contribution in [1.82, 2.24) is 14.9 Å². The van der Waals surface area contributed by atoms with E-state index in [0.717, 1.165) is 37.3 Å². The minimum absolute atomic E-state index is 0.118. The lowest BCUT2D eigenvalue weighted by Crippen LogP contribution is -2.44. The largest absolute Gasteiger partial charge is 0.573 e. The predicted octanol–water partition coefficient (Wildman–Crippen LogP) is 4.79. The molecule has 2 heterocycles. The smallest absolute Gasteiger partial charge is 0.493 e. The number of nitrogens with one attached hydrogen (secondary N) is 1. The summed E-state index contributed by atoms with van der Waals surface area (Å²) >= 11 is 3.41. The molecule has 0 saturated carbocycles. The van der Waals surface area contributed by atoms with Crippen LogP contribution < -0.4 is 19.7 Å². The van der Waals surface area contributed by atoms with E-state index in [2.05, 4.69) is 45.8 Å². The van der Waals surface area contributed by atoms with Crippen LogP contribution in [0.1, 0.15) is 0 Å². The van der Waals surface area contributed by atoms with Crippen molar-refractivity contribution in [3.05, 3.63) is 41.0 Å². The van der Waals surface area contributed by atoms with E-state index in [1.54, 1.807) is 18.3 Å². The third kappa shape index (κ3) is 4.99. The quantitative estimate of drug-likeness (QED) is 0.528. The van der Waals surface area contributed by atoms with Crippen LogP contribution in [0.25, 0.3) is 10.9 Å². The van der Waals surface area contributed by atoms with Crippen LogP contribution in [-0.2, 0) is 0 Å². The molecule has 1 aliphatic rings. The zero-order valence-electron chi connectivity index (χ0n) is 17.4. The molecule has 0 radical (unpaired) electrons. The van der Waals surface area contributed by atoms with Gasteiger partial charge in [0.1, 0.15) is 5.52 Å². The first-order valence-corrected chi connectivity index (χ1v) is 10.6. The van der Waals surface area contributed by atoms with Gasteiger partial charge in [-0.2, -0.15) is 0 Å². The Labute approximate surface area is 191 Å². The van der Waals surface area contributed by atoms with Gasteiger partial charge in [0, 0.05) is 43.4 Å². The zero-order valence-corrected chi connectivity index (χ0v) is 19.0. The molecule has 32 heavy (non-hydrogen) atoms. The monoisotopic (exact) mass is 511 g/mol. The summed E-state index contributed by atoms with van der Waals surface area (Å²) in [5.74, 6) is 0.266. The zero-order chi connectivity index (χ0) is 22.9. The summed E-state index contributed by atoms with van der Waals surface area (Å²) < 4.78 is 49.3. The molecule has 0 aliphatic carbocycles. The highest BCUT2D eigenvalue weighted by Gasteiger charge is 2.32. The Kier molecular flexibility index (Phi) is 6.29. The molecule has 0 bridgehead atoms. The van der Waals surface area contributed by atoms with Crippen molar-refractivity contribution in [2.45, 2.75) is 6.36 Å². The van der Waals surface area contributed by atoms with Gasteiger partial charge >= 0.3 is 6.36 Å². The summed E-state index contributed by atoms with van der Waals surface area (Å²) in [5, 5.41) is 3.62. The Hall–Kier alpha value is -2.79. The van der Waals surface area contributed by atoms with Gasteiger partial charge in [-0.1, -0.05) is 0 Å². The molecule has 1 fully saturated rings. The molecule has 11 heteroatoms. The lowest BCUT2D eigenvalue weighted by Gasteiger charge is -2.34. The molecule has 1 saturated heterocycles. The van der Waals surface area contributed by atoms with Crippen LogP contribution in [-0.4, -0.2) is 61.6 Å². The third-order valence-corrected chi connectivity index (χ3v) is 5.79. The van der Waals surface area contributed by atoms with E-state index in [0.29, 0.717) is 15.7 Å². The molecule has 0 atom stereocenters. The minimum Gasteiger partial charge on any atom is -0.493 e. The molecule has 0 unspecified atom stereocenters. The van der Waals surface area contributed by atoms with Crippen molar-refractivity contribution < 1.29 is 22.6 Å². The van der Waals surface area contributed by atoms with E-state index >= 15 is 0 Å². The fraction of sp³-hybridized carbons (Fsp3) is 0.333. The molecule has 3 aromatic rings. The van der Waals surface area contributed by atoms with Gasteiger partial charge in [0.15, 0.2) is 11.5 Å². The minimum atomic E-state index is -4.83. The van der Waals surface area contributed by atoms with Gasteiger partial charge in [0.2, 0.25) is 5.95 Å². The molecular weight excluding hydrogens is 491 g/mol. The molecule has 1 N–H and O–H groups in total. The van der Waals surface area contributed by atoms with Crippen LogP contribution >= 0.6 is 15.9 Å². The topological polar surface area (TPSA) is 62.8 Å². The number of halogens is 4. The van der Waals surface area contributed by atoms with Gasteiger partial charge in [-0.15, -0.1) is 13.2 Å². The molecular formula is C21H21BrF3N5O2. The van der Waals surface area contributed by atoms with Gasteiger partial charge in [-0.25, -0.2) is 9.97 Å². The number of hydrogen-bond donors (Lipinski definition) is 1. The number of likely N-dealkylation sites (N-methyl/N-ethyl adjacent to an activating group) is 1. The predicted molar refractivity (Wildman–Crippen MR) is 120 cm³/mol. The second-order valence-corrected chi connectivity index (χ2v) is 8.21. The summed E-state index contributed by atoms with van der Waals surface area (Å²) in [7, 11) is 3.55. The number of fused-ring (bicyclic) bond motifs is 1. The molecule has 1 aromatic heterocycles. The fourth-order valence-electron chi connectivity index (χ4n) is 3.51. The first-order chi connectivity index (χ1) is 15.2.